The molecule has 0 saturated carbocycles. The Morgan fingerprint density at radius 3 is 3.05 bits per heavy atom. The summed E-state index contributed by atoms with van der Waals surface area (Å²) < 4.78 is 0. The smallest absolute Gasteiger partial charge is 0.227 e. The monoisotopic (exact) mass is 257 g/mol. The maximum absolute atomic E-state index is 12.1. The van der Waals surface area contributed by atoms with Crippen LogP contribution in [0.1, 0.15) is 19.8 Å². The largest absolute Gasteiger partial charge is 0.330 e. The number of carbonyl (C=O) groups is 1. The van der Waals surface area contributed by atoms with Crippen molar-refractivity contribution in [1.82, 2.24) is 4.98 Å². The highest BCUT2D eigenvalue weighted by molar-refractivity contribution is 6.02. The number of nitrogens with zero attached hydrogens (tertiary/aromatic N) is 1. The first-order chi connectivity index (χ1) is 9.22. The van der Waals surface area contributed by atoms with E-state index in [4.69, 9.17) is 5.73 Å². The Morgan fingerprint density at radius 1 is 1.42 bits per heavy atom. The van der Waals surface area contributed by atoms with Gasteiger partial charge in [-0.05, 0) is 31.5 Å². The molecule has 0 aliphatic rings. The van der Waals surface area contributed by atoms with Crippen LogP contribution in [0.4, 0.5) is 5.69 Å². The number of amides is 1. The van der Waals surface area contributed by atoms with E-state index in [2.05, 4.69) is 10.3 Å². The van der Waals surface area contributed by atoms with Gasteiger partial charge in [-0.15, -0.1) is 0 Å². The molecule has 4 heteroatoms. The lowest BCUT2D eigenvalue weighted by Gasteiger charge is -2.13. The third-order valence-corrected chi connectivity index (χ3v) is 3.23. The van der Waals surface area contributed by atoms with Gasteiger partial charge in [0, 0.05) is 34.8 Å². The summed E-state index contributed by atoms with van der Waals surface area (Å²) in [5.74, 6) is 0.0124. The Kier molecular flexibility index (Phi) is 4.47. The molecule has 1 aromatic heterocycles. The van der Waals surface area contributed by atoms with Gasteiger partial charge in [0.05, 0.1) is 0 Å². The van der Waals surface area contributed by atoms with Crippen LogP contribution in [-0.4, -0.2) is 17.4 Å². The summed E-state index contributed by atoms with van der Waals surface area (Å²) in [6.07, 6.45) is 5.21. The van der Waals surface area contributed by atoms with Crippen molar-refractivity contribution in [3.63, 3.8) is 0 Å². The van der Waals surface area contributed by atoms with Crippen molar-refractivity contribution in [2.24, 2.45) is 11.7 Å². The van der Waals surface area contributed by atoms with Gasteiger partial charge in [-0.1, -0.05) is 19.1 Å². The van der Waals surface area contributed by atoms with Crippen LogP contribution >= 0.6 is 0 Å². The first-order valence-corrected chi connectivity index (χ1v) is 6.56. The zero-order chi connectivity index (χ0) is 13.7. The molecule has 0 aliphatic heterocycles. The second-order valence-electron chi connectivity index (χ2n) is 4.72. The van der Waals surface area contributed by atoms with Crippen LogP contribution in [0.5, 0.6) is 0 Å². The Labute approximate surface area is 113 Å². The Bertz CT molecular complexity index is 563. The lowest BCUT2D eigenvalue weighted by molar-refractivity contribution is -0.119. The van der Waals surface area contributed by atoms with Crippen LogP contribution in [-0.2, 0) is 4.79 Å². The van der Waals surface area contributed by atoms with E-state index in [1.165, 1.54) is 0 Å². The highest BCUT2D eigenvalue weighted by Crippen LogP contribution is 2.23. The standard InChI is InChI=1S/C15H19N3O/c1-11(4-3-8-16)15(19)18-14-6-2-5-12-10-17-9-7-13(12)14/h2,5-7,9-11H,3-4,8,16H2,1H3,(H,18,19). The summed E-state index contributed by atoms with van der Waals surface area (Å²) >= 11 is 0. The fraction of sp³-hybridized carbons (Fsp3) is 0.333. The van der Waals surface area contributed by atoms with Crippen LogP contribution in [0.25, 0.3) is 10.8 Å². The zero-order valence-electron chi connectivity index (χ0n) is 11.1. The van der Waals surface area contributed by atoms with Crippen molar-refractivity contribution in [3.05, 3.63) is 36.7 Å². The van der Waals surface area contributed by atoms with Crippen molar-refractivity contribution in [2.75, 3.05) is 11.9 Å². The normalized spacial score (nSPS) is 12.3. The number of hydrogen-bond donors (Lipinski definition) is 2. The molecular weight excluding hydrogens is 238 g/mol. The molecule has 2 rings (SSSR count). The Hall–Kier alpha value is -1.94. The molecule has 2 aromatic rings. The number of aromatic nitrogens is 1. The number of nitrogens with two attached hydrogens (primary N) is 1. The summed E-state index contributed by atoms with van der Waals surface area (Å²) in [5.41, 5.74) is 6.30. The van der Waals surface area contributed by atoms with Crippen LogP contribution in [0, 0.1) is 5.92 Å². The molecule has 1 atom stereocenters. The molecule has 1 aromatic carbocycles. The average Bonchev–Trinajstić information content (AvgIpc) is 2.45. The van der Waals surface area contributed by atoms with Gasteiger partial charge < -0.3 is 11.1 Å². The number of benzene rings is 1. The van der Waals surface area contributed by atoms with Crippen molar-refractivity contribution >= 4 is 22.4 Å². The predicted octanol–water partition coefficient (Wildman–Crippen LogP) is 2.55. The van der Waals surface area contributed by atoms with Gasteiger partial charge in [-0.3, -0.25) is 9.78 Å². The van der Waals surface area contributed by atoms with Crippen LogP contribution in [0.2, 0.25) is 0 Å². The van der Waals surface area contributed by atoms with E-state index in [0.717, 1.165) is 29.3 Å². The summed E-state index contributed by atoms with van der Waals surface area (Å²) in [6.45, 7) is 2.55. The molecule has 0 aliphatic carbocycles. The van der Waals surface area contributed by atoms with Crippen molar-refractivity contribution in [3.8, 4) is 0 Å². The molecule has 4 nitrogen and oxygen atoms in total. The van der Waals surface area contributed by atoms with Crippen molar-refractivity contribution < 1.29 is 4.79 Å². The topological polar surface area (TPSA) is 68.0 Å². The molecule has 100 valence electrons. The van der Waals surface area contributed by atoms with Crippen molar-refractivity contribution in [1.29, 1.82) is 0 Å². The summed E-state index contributed by atoms with van der Waals surface area (Å²) in [5, 5.41) is 5.02. The second kappa shape index (κ2) is 6.29. The molecule has 0 saturated heterocycles. The van der Waals surface area contributed by atoms with Gasteiger partial charge in [0.15, 0.2) is 0 Å². The van der Waals surface area contributed by atoms with E-state index < -0.39 is 0 Å². The molecule has 0 radical (unpaired) electrons. The van der Waals surface area contributed by atoms with Gasteiger partial charge >= 0.3 is 0 Å². The van der Waals surface area contributed by atoms with Crippen LogP contribution in [0.15, 0.2) is 36.7 Å². The number of rotatable bonds is 5. The Balaban J connectivity index is 2.15. The fourth-order valence-corrected chi connectivity index (χ4v) is 2.04. The van der Waals surface area contributed by atoms with E-state index in [1.54, 1.807) is 12.4 Å². The molecule has 1 amide bonds. The van der Waals surface area contributed by atoms with E-state index in [0.29, 0.717) is 6.54 Å². The summed E-state index contributed by atoms with van der Waals surface area (Å²) in [6, 6.07) is 7.73. The van der Waals surface area contributed by atoms with Gasteiger partial charge in [0.1, 0.15) is 0 Å². The van der Waals surface area contributed by atoms with Crippen LogP contribution < -0.4 is 11.1 Å². The highest BCUT2D eigenvalue weighted by Gasteiger charge is 2.13. The minimum atomic E-state index is -0.0272. The van der Waals surface area contributed by atoms with Gasteiger partial charge in [0.2, 0.25) is 5.91 Å². The number of anilines is 1. The van der Waals surface area contributed by atoms with E-state index in [1.807, 2.05) is 31.2 Å². The minimum Gasteiger partial charge on any atom is -0.330 e. The fourth-order valence-electron chi connectivity index (χ4n) is 2.04. The number of carbonyl (C=O) groups excluding carboxylic acids is 1. The number of nitrogens with one attached hydrogen (secondary N) is 1. The number of pyridine rings is 1. The maximum Gasteiger partial charge on any atom is 0.227 e. The Morgan fingerprint density at radius 2 is 2.26 bits per heavy atom. The van der Waals surface area contributed by atoms with E-state index >= 15 is 0 Å². The van der Waals surface area contributed by atoms with Crippen LogP contribution in [0.3, 0.4) is 0 Å². The number of fused-ring (bicyclic) bond motifs is 1. The third-order valence-electron chi connectivity index (χ3n) is 3.23. The number of hydrogen-bond acceptors (Lipinski definition) is 3. The second-order valence-corrected chi connectivity index (χ2v) is 4.72. The summed E-state index contributed by atoms with van der Waals surface area (Å²) in [4.78, 5) is 16.2. The molecule has 0 bridgehead atoms. The molecule has 1 unspecified atom stereocenters. The lowest BCUT2D eigenvalue weighted by atomic mass is 10.0. The molecule has 1 heterocycles. The zero-order valence-corrected chi connectivity index (χ0v) is 11.1. The maximum atomic E-state index is 12.1. The quantitative estimate of drug-likeness (QED) is 0.865. The molecule has 0 fully saturated rings. The lowest BCUT2D eigenvalue weighted by Crippen LogP contribution is -2.21. The van der Waals surface area contributed by atoms with Gasteiger partial charge in [-0.25, -0.2) is 0 Å². The van der Waals surface area contributed by atoms with E-state index in [9.17, 15) is 4.79 Å². The first-order valence-electron chi connectivity index (χ1n) is 6.56. The first kappa shape index (κ1) is 13.5. The van der Waals surface area contributed by atoms with Gasteiger partial charge in [-0.2, -0.15) is 0 Å². The summed E-state index contributed by atoms with van der Waals surface area (Å²) in [7, 11) is 0. The van der Waals surface area contributed by atoms with Gasteiger partial charge in [0.25, 0.3) is 0 Å². The van der Waals surface area contributed by atoms with E-state index in [-0.39, 0.29) is 11.8 Å². The third kappa shape index (κ3) is 3.29. The average molecular weight is 257 g/mol. The minimum absolute atomic E-state index is 0.0272. The molecule has 0 spiro atoms. The molecule has 3 N–H and O–H groups in total. The van der Waals surface area contributed by atoms with Crippen molar-refractivity contribution in [2.45, 2.75) is 19.8 Å². The molecule has 19 heavy (non-hydrogen) atoms. The predicted molar refractivity (Wildman–Crippen MR) is 77.8 cm³/mol. The molecular formula is C15H19N3O. The SMILES string of the molecule is CC(CCCN)C(=O)Nc1cccc2cnccc12. The highest BCUT2D eigenvalue weighted by atomic mass is 16.1.